The fourth-order valence-corrected chi connectivity index (χ4v) is 2.42. The molecular weight excluding hydrogens is 220 g/mol. The van der Waals surface area contributed by atoms with E-state index >= 15 is 0 Å². The van der Waals surface area contributed by atoms with E-state index < -0.39 is 0 Å². The molecule has 0 aliphatic heterocycles. The summed E-state index contributed by atoms with van der Waals surface area (Å²) in [5, 5.41) is 0. The van der Waals surface area contributed by atoms with Crippen LogP contribution in [-0.4, -0.2) is 13.1 Å². The molecule has 0 spiro atoms. The van der Waals surface area contributed by atoms with E-state index in [1.807, 2.05) is 0 Å². The SMILES string of the molecule is CCC(CC)CN(CC)c1ccccc1[C@@H](C)N. The van der Waals surface area contributed by atoms with Gasteiger partial charge in [-0.15, -0.1) is 0 Å². The maximum atomic E-state index is 6.08. The first-order valence-electron chi connectivity index (χ1n) is 7.23. The summed E-state index contributed by atoms with van der Waals surface area (Å²) in [6, 6.07) is 8.63. The molecule has 1 aromatic rings. The van der Waals surface area contributed by atoms with Crippen molar-refractivity contribution >= 4 is 5.69 Å². The number of para-hydroxylation sites is 1. The zero-order valence-corrected chi connectivity index (χ0v) is 12.3. The van der Waals surface area contributed by atoms with E-state index in [1.54, 1.807) is 0 Å². The van der Waals surface area contributed by atoms with Gasteiger partial charge in [-0.3, -0.25) is 0 Å². The molecule has 0 heterocycles. The van der Waals surface area contributed by atoms with Gasteiger partial charge in [0.1, 0.15) is 0 Å². The van der Waals surface area contributed by atoms with Gasteiger partial charge in [-0.05, 0) is 31.4 Å². The number of nitrogens with two attached hydrogens (primary N) is 1. The smallest absolute Gasteiger partial charge is 0.0414 e. The van der Waals surface area contributed by atoms with Gasteiger partial charge in [0, 0.05) is 24.8 Å². The van der Waals surface area contributed by atoms with E-state index in [4.69, 9.17) is 5.73 Å². The zero-order chi connectivity index (χ0) is 13.5. The van der Waals surface area contributed by atoms with Crippen molar-refractivity contribution in [2.24, 2.45) is 11.7 Å². The second-order valence-electron chi connectivity index (χ2n) is 5.07. The maximum absolute atomic E-state index is 6.08. The second kappa shape index (κ2) is 7.42. The van der Waals surface area contributed by atoms with Gasteiger partial charge >= 0.3 is 0 Å². The Bertz CT molecular complexity index is 343. The minimum Gasteiger partial charge on any atom is -0.371 e. The van der Waals surface area contributed by atoms with Crippen LogP contribution in [0.3, 0.4) is 0 Å². The highest BCUT2D eigenvalue weighted by Gasteiger charge is 2.15. The van der Waals surface area contributed by atoms with Crippen LogP contribution < -0.4 is 10.6 Å². The Morgan fingerprint density at radius 1 is 1.11 bits per heavy atom. The standard InChI is InChI=1S/C16H28N2/c1-5-14(6-2)12-18(7-3)16-11-9-8-10-15(16)13(4)17/h8-11,13-14H,5-7,12,17H2,1-4H3/t13-/m1/s1. The Morgan fingerprint density at radius 3 is 2.22 bits per heavy atom. The molecule has 0 amide bonds. The molecule has 0 aromatic heterocycles. The fraction of sp³-hybridized carbons (Fsp3) is 0.625. The largest absolute Gasteiger partial charge is 0.371 e. The van der Waals surface area contributed by atoms with Crippen LogP contribution in [0, 0.1) is 5.92 Å². The molecule has 0 fully saturated rings. The Balaban J connectivity index is 2.94. The van der Waals surface area contributed by atoms with E-state index in [-0.39, 0.29) is 6.04 Å². The van der Waals surface area contributed by atoms with Crippen molar-refractivity contribution in [1.29, 1.82) is 0 Å². The van der Waals surface area contributed by atoms with E-state index in [1.165, 1.54) is 24.1 Å². The van der Waals surface area contributed by atoms with E-state index in [0.29, 0.717) is 0 Å². The van der Waals surface area contributed by atoms with Crippen LogP contribution in [0.4, 0.5) is 5.69 Å². The van der Waals surface area contributed by atoms with E-state index in [9.17, 15) is 0 Å². The lowest BCUT2D eigenvalue weighted by Crippen LogP contribution is -2.30. The molecule has 1 atom stereocenters. The first kappa shape index (κ1) is 15.0. The Hall–Kier alpha value is -1.02. The second-order valence-corrected chi connectivity index (χ2v) is 5.07. The predicted molar refractivity (Wildman–Crippen MR) is 81.0 cm³/mol. The van der Waals surface area contributed by atoms with Crippen molar-refractivity contribution in [3.8, 4) is 0 Å². The lowest BCUT2D eigenvalue weighted by Gasteiger charge is -2.30. The third-order valence-electron chi connectivity index (χ3n) is 3.78. The third kappa shape index (κ3) is 3.74. The monoisotopic (exact) mass is 248 g/mol. The van der Waals surface area contributed by atoms with Gasteiger partial charge in [-0.25, -0.2) is 0 Å². The summed E-state index contributed by atoms with van der Waals surface area (Å²) >= 11 is 0. The van der Waals surface area contributed by atoms with E-state index in [2.05, 4.69) is 56.9 Å². The van der Waals surface area contributed by atoms with Crippen LogP contribution in [0.15, 0.2) is 24.3 Å². The first-order chi connectivity index (χ1) is 8.63. The molecule has 0 unspecified atom stereocenters. The van der Waals surface area contributed by atoms with Crippen LogP contribution >= 0.6 is 0 Å². The van der Waals surface area contributed by atoms with Gasteiger partial charge in [-0.2, -0.15) is 0 Å². The predicted octanol–water partition coefficient (Wildman–Crippen LogP) is 3.97. The molecule has 18 heavy (non-hydrogen) atoms. The molecule has 0 saturated heterocycles. The molecule has 0 saturated carbocycles. The summed E-state index contributed by atoms with van der Waals surface area (Å²) < 4.78 is 0. The van der Waals surface area contributed by atoms with Gasteiger partial charge in [0.2, 0.25) is 0 Å². The Morgan fingerprint density at radius 2 is 1.72 bits per heavy atom. The van der Waals surface area contributed by atoms with Crippen molar-refractivity contribution in [2.75, 3.05) is 18.0 Å². The number of anilines is 1. The molecule has 2 N–H and O–H groups in total. The van der Waals surface area contributed by atoms with Gasteiger partial charge in [0.05, 0.1) is 0 Å². The van der Waals surface area contributed by atoms with Gasteiger partial charge < -0.3 is 10.6 Å². The highest BCUT2D eigenvalue weighted by atomic mass is 15.1. The molecular formula is C16H28N2. The number of nitrogens with zero attached hydrogens (tertiary/aromatic N) is 1. The minimum atomic E-state index is 0.0944. The molecule has 2 nitrogen and oxygen atoms in total. The summed E-state index contributed by atoms with van der Waals surface area (Å²) in [5.74, 6) is 0.770. The lowest BCUT2D eigenvalue weighted by atomic mass is 10.0. The van der Waals surface area contributed by atoms with Crippen LogP contribution in [0.2, 0.25) is 0 Å². The normalized spacial score (nSPS) is 12.8. The first-order valence-corrected chi connectivity index (χ1v) is 7.23. The van der Waals surface area contributed by atoms with Gasteiger partial charge in [0.15, 0.2) is 0 Å². The number of benzene rings is 1. The highest BCUT2D eigenvalue weighted by Crippen LogP contribution is 2.26. The van der Waals surface area contributed by atoms with Crippen LogP contribution in [0.1, 0.15) is 52.1 Å². The molecule has 1 aromatic carbocycles. The summed E-state index contributed by atoms with van der Waals surface area (Å²) in [6.07, 6.45) is 2.49. The van der Waals surface area contributed by atoms with Gasteiger partial charge in [-0.1, -0.05) is 44.9 Å². The lowest BCUT2D eigenvalue weighted by molar-refractivity contribution is 0.485. The van der Waals surface area contributed by atoms with Gasteiger partial charge in [0.25, 0.3) is 0 Å². The molecule has 102 valence electrons. The minimum absolute atomic E-state index is 0.0944. The number of rotatable bonds is 7. The van der Waals surface area contributed by atoms with Crippen molar-refractivity contribution in [1.82, 2.24) is 0 Å². The average molecular weight is 248 g/mol. The van der Waals surface area contributed by atoms with Crippen LogP contribution in [-0.2, 0) is 0 Å². The Labute approximate surface area is 112 Å². The molecule has 0 aliphatic rings. The third-order valence-corrected chi connectivity index (χ3v) is 3.78. The van der Waals surface area contributed by atoms with Crippen molar-refractivity contribution in [3.63, 3.8) is 0 Å². The molecule has 0 radical (unpaired) electrons. The Kier molecular flexibility index (Phi) is 6.20. The van der Waals surface area contributed by atoms with E-state index in [0.717, 1.165) is 19.0 Å². The molecule has 0 bridgehead atoms. The van der Waals surface area contributed by atoms with Crippen molar-refractivity contribution in [3.05, 3.63) is 29.8 Å². The molecule has 2 heteroatoms. The fourth-order valence-electron chi connectivity index (χ4n) is 2.42. The summed E-state index contributed by atoms with van der Waals surface area (Å²) in [7, 11) is 0. The average Bonchev–Trinajstić information content (AvgIpc) is 2.40. The maximum Gasteiger partial charge on any atom is 0.0414 e. The quantitative estimate of drug-likeness (QED) is 0.791. The number of hydrogen-bond acceptors (Lipinski definition) is 2. The topological polar surface area (TPSA) is 29.3 Å². The van der Waals surface area contributed by atoms with Crippen molar-refractivity contribution in [2.45, 2.75) is 46.6 Å². The number of hydrogen-bond donors (Lipinski definition) is 1. The molecule has 0 aliphatic carbocycles. The summed E-state index contributed by atoms with van der Waals surface area (Å²) in [5.41, 5.74) is 8.64. The summed E-state index contributed by atoms with van der Waals surface area (Å²) in [6.45, 7) is 11.0. The van der Waals surface area contributed by atoms with Crippen LogP contribution in [0.5, 0.6) is 0 Å². The zero-order valence-electron chi connectivity index (χ0n) is 12.3. The van der Waals surface area contributed by atoms with Crippen LogP contribution in [0.25, 0.3) is 0 Å². The highest BCUT2D eigenvalue weighted by molar-refractivity contribution is 5.54. The summed E-state index contributed by atoms with van der Waals surface area (Å²) in [4.78, 5) is 2.47. The molecule has 1 rings (SSSR count). The van der Waals surface area contributed by atoms with Crippen molar-refractivity contribution < 1.29 is 0 Å².